The van der Waals surface area contributed by atoms with E-state index >= 15 is 0 Å². The number of anilines is 2. The summed E-state index contributed by atoms with van der Waals surface area (Å²) in [6.45, 7) is 1.36. The van der Waals surface area contributed by atoms with Crippen molar-refractivity contribution in [3.63, 3.8) is 0 Å². The van der Waals surface area contributed by atoms with Crippen LogP contribution in [-0.4, -0.2) is 26.8 Å². The molecule has 7 heteroatoms. The van der Waals surface area contributed by atoms with Crippen molar-refractivity contribution in [1.82, 2.24) is 15.0 Å². The average molecular weight is 259 g/mol. The van der Waals surface area contributed by atoms with Gasteiger partial charge in [-0.25, -0.2) is 0 Å². The molecule has 0 bridgehead atoms. The molecule has 19 heavy (non-hydrogen) atoms. The van der Waals surface area contributed by atoms with Gasteiger partial charge in [0, 0.05) is 12.6 Å². The van der Waals surface area contributed by atoms with Crippen LogP contribution < -0.4 is 10.6 Å². The smallest absolute Gasteiger partial charge is 0.247 e. The molecule has 2 amide bonds. The molecule has 0 saturated heterocycles. The van der Waals surface area contributed by atoms with Gasteiger partial charge in [0.15, 0.2) is 5.82 Å². The lowest BCUT2D eigenvalue weighted by Gasteiger charge is -2.03. The number of amides is 2. The minimum Gasteiger partial charge on any atom is -0.324 e. The second-order valence-electron chi connectivity index (χ2n) is 3.86. The Balaban J connectivity index is 1.92. The van der Waals surface area contributed by atoms with E-state index in [1.165, 1.54) is 17.9 Å². The highest BCUT2D eigenvalue weighted by molar-refractivity contribution is 5.90. The summed E-state index contributed by atoms with van der Waals surface area (Å²) in [6, 6.07) is 9.10. The molecule has 2 N–H and O–H groups in total. The van der Waals surface area contributed by atoms with E-state index in [1.807, 2.05) is 18.2 Å². The van der Waals surface area contributed by atoms with E-state index in [9.17, 15) is 9.59 Å². The Morgan fingerprint density at radius 2 is 1.95 bits per heavy atom. The third-order valence-electron chi connectivity index (χ3n) is 2.18. The summed E-state index contributed by atoms with van der Waals surface area (Å²) in [4.78, 5) is 23.7. The molecule has 0 unspecified atom stereocenters. The molecular weight excluding hydrogens is 246 g/mol. The Morgan fingerprint density at radius 3 is 2.63 bits per heavy atom. The van der Waals surface area contributed by atoms with Crippen molar-refractivity contribution in [3.05, 3.63) is 36.5 Å². The molecular formula is C12H13N5O2. The molecule has 2 aromatic rings. The maximum atomic E-state index is 11.7. The Bertz CT molecular complexity index is 579. The number of aromatic nitrogens is 3. The molecule has 7 nitrogen and oxygen atoms in total. The molecule has 0 aliphatic heterocycles. The third kappa shape index (κ3) is 3.91. The largest absolute Gasteiger partial charge is 0.324 e. The molecule has 0 spiro atoms. The Morgan fingerprint density at radius 1 is 1.21 bits per heavy atom. The molecule has 0 aliphatic carbocycles. The minimum absolute atomic E-state index is 0.0194. The minimum atomic E-state index is -0.240. The second kappa shape index (κ2) is 5.76. The van der Waals surface area contributed by atoms with Crippen LogP contribution in [0.15, 0.2) is 36.5 Å². The van der Waals surface area contributed by atoms with E-state index in [2.05, 4.69) is 20.8 Å². The lowest BCUT2D eigenvalue weighted by atomic mass is 10.3. The topological polar surface area (TPSA) is 88.9 Å². The van der Waals surface area contributed by atoms with Crippen LogP contribution in [0.4, 0.5) is 11.5 Å². The average Bonchev–Trinajstić information content (AvgIpc) is 2.76. The van der Waals surface area contributed by atoms with Gasteiger partial charge in [-0.2, -0.15) is 9.90 Å². The van der Waals surface area contributed by atoms with Crippen LogP contribution in [0.1, 0.15) is 6.92 Å². The van der Waals surface area contributed by atoms with E-state index in [0.717, 1.165) is 0 Å². The number of rotatable bonds is 4. The van der Waals surface area contributed by atoms with Gasteiger partial charge in [-0.3, -0.25) is 9.59 Å². The SMILES string of the molecule is CC(=O)Nc1cnn(CC(=O)Nc2ccccc2)n1. The number of carbonyl (C=O) groups excluding carboxylic acids is 2. The van der Waals surface area contributed by atoms with Crippen molar-refractivity contribution in [3.8, 4) is 0 Å². The number of nitrogens with zero attached hydrogens (tertiary/aromatic N) is 3. The molecule has 0 saturated carbocycles. The second-order valence-corrected chi connectivity index (χ2v) is 3.86. The Kier molecular flexibility index (Phi) is 3.87. The van der Waals surface area contributed by atoms with Gasteiger partial charge >= 0.3 is 0 Å². The summed E-state index contributed by atoms with van der Waals surface area (Å²) in [7, 11) is 0. The number of hydrogen-bond donors (Lipinski definition) is 2. The first kappa shape index (κ1) is 12.7. The van der Waals surface area contributed by atoms with Crippen molar-refractivity contribution in [2.75, 3.05) is 10.6 Å². The van der Waals surface area contributed by atoms with Crippen LogP contribution >= 0.6 is 0 Å². The van der Waals surface area contributed by atoms with Gasteiger partial charge in [0.25, 0.3) is 0 Å². The van der Waals surface area contributed by atoms with Crippen molar-refractivity contribution in [2.24, 2.45) is 0 Å². The number of benzene rings is 1. The van der Waals surface area contributed by atoms with Crippen LogP contribution in [-0.2, 0) is 16.1 Å². The normalized spacial score (nSPS) is 9.95. The van der Waals surface area contributed by atoms with Gasteiger partial charge in [0.1, 0.15) is 6.54 Å². The van der Waals surface area contributed by atoms with Crippen molar-refractivity contribution in [1.29, 1.82) is 0 Å². The number of para-hydroxylation sites is 1. The monoisotopic (exact) mass is 259 g/mol. The van der Waals surface area contributed by atoms with Gasteiger partial charge in [0.05, 0.1) is 6.20 Å². The third-order valence-corrected chi connectivity index (χ3v) is 2.18. The van der Waals surface area contributed by atoms with Gasteiger partial charge in [0.2, 0.25) is 11.8 Å². The van der Waals surface area contributed by atoms with Crippen molar-refractivity contribution >= 4 is 23.3 Å². The van der Waals surface area contributed by atoms with E-state index < -0.39 is 0 Å². The van der Waals surface area contributed by atoms with Crippen LogP contribution in [0.25, 0.3) is 0 Å². The Labute approximate surface area is 109 Å². The summed E-state index contributed by atoms with van der Waals surface area (Å²) in [6.07, 6.45) is 1.39. The molecule has 98 valence electrons. The van der Waals surface area contributed by atoms with Gasteiger partial charge in [-0.05, 0) is 12.1 Å². The molecule has 0 fully saturated rings. The van der Waals surface area contributed by atoms with Crippen molar-refractivity contribution < 1.29 is 9.59 Å². The maximum Gasteiger partial charge on any atom is 0.247 e. The molecule has 1 heterocycles. The molecule has 2 rings (SSSR count). The predicted molar refractivity (Wildman–Crippen MR) is 69.4 cm³/mol. The van der Waals surface area contributed by atoms with Gasteiger partial charge in [-0.15, -0.1) is 5.10 Å². The van der Waals surface area contributed by atoms with Crippen molar-refractivity contribution in [2.45, 2.75) is 13.5 Å². The fourth-order valence-electron chi connectivity index (χ4n) is 1.46. The molecule has 0 aliphatic rings. The lowest BCUT2D eigenvalue weighted by Crippen LogP contribution is -2.20. The summed E-state index contributed by atoms with van der Waals surface area (Å²) in [5, 5.41) is 13.0. The summed E-state index contributed by atoms with van der Waals surface area (Å²) >= 11 is 0. The molecule has 1 aromatic carbocycles. The van der Waals surface area contributed by atoms with Gasteiger partial charge < -0.3 is 10.6 Å². The van der Waals surface area contributed by atoms with Crippen LogP contribution in [0.2, 0.25) is 0 Å². The zero-order valence-electron chi connectivity index (χ0n) is 10.3. The van der Waals surface area contributed by atoms with E-state index in [0.29, 0.717) is 11.5 Å². The highest BCUT2D eigenvalue weighted by atomic mass is 16.2. The first-order valence-electron chi connectivity index (χ1n) is 5.66. The predicted octanol–water partition coefficient (Wildman–Crippen LogP) is 0.875. The standard InChI is InChI=1S/C12H13N5O2/c1-9(18)14-11-7-13-17(16-11)8-12(19)15-10-5-3-2-4-6-10/h2-7H,8H2,1H3,(H,15,19)(H,14,16,18). The number of carbonyl (C=O) groups is 2. The first-order chi connectivity index (χ1) is 9.13. The highest BCUT2D eigenvalue weighted by Crippen LogP contribution is 2.05. The van der Waals surface area contributed by atoms with Crippen LogP contribution in [0.3, 0.4) is 0 Å². The zero-order chi connectivity index (χ0) is 13.7. The van der Waals surface area contributed by atoms with E-state index in [1.54, 1.807) is 12.1 Å². The zero-order valence-corrected chi connectivity index (χ0v) is 10.3. The maximum absolute atomic E-state index is 11.7. The molecule has 1 aromatic heterocycles. The van der Waals surface area contributed by atoms with Gasteiger partial charge in [-0.1, -0.05) is 18.2 Å². The highest BCUT2D eigenvalue weighted by Gasteiger charge is 2.07. The van der Waals surface area contributed by atoms with E-state index in [4.69, 9.17) is 0 Å². The lowest BCUT2D eigenvalue weighted by molar-refractivity contribution is -0.117. The molecule has 0 radical (unpaired) electrons. The molecule has 0 atom stereocenters. The van der Waals surface area contributed by atoms with Crippen LogP contribution in [0.5, 0.6) is 0 Å². The Hall–Kier alpha value is -2.70. The van der Waals surface area contributed by atoms with Crippen LogP contribution in [0, 0.1) is 0 Å². The summed E-state index contributed by atoms with van der Waals surface area (Å²) in [5.41, 5.74) is 0.710. The number of hydrogen-bond acceptors (Lipinski definition) is 4. The quantitative estimate of drug-likeness (QED) is 0.852. The number of nitrogens with one attached hydrogen (secondary N) is 2. The summed E-state index contributed by atoms with van der Waals surface area (Å²) < 4.78 is 0. The first-order valence-corrected chi connectivity index (χ1v) is 5.66. The fraction of sp³-hybridized carbons (Fsp3) is 0.167. The summed E-state index contributed by atoms with van der Waals surface area (Å²) in [5.74, 6) is -0.156. The van der Waals surface area contributed by atoms with E-state index in [-0.39, 0.29) is 18.4 Å². The fourth-order valence-corrected chi connectivity index (χ4v) is 1.46.